The van der Waals surface area contributed by atoms with E-state index in [4.69, 9.17) is 5.26 Å². The minimum Gasteiger partial charge on any atom is -0.309 e. The first-order valence-corrected chi connectivity index (χ1v) is 8.05. The topological polar surface area (TPSA) is 73.2 Å². The van der Waals surface area contributed by atoms with Crippen LogP contribution in [0.25, 0.3) is 0 Å². The minimum atomic E-state index is -4.38. The van der Waals surface area contributed by atoms with Crippen molar-refractivity contribution in [3.05, 3.63) is 29.3 Å². The molecule has 1 aromatic carbocycles. The Labute approximate surface area is 129 Å². The van der Waals surface area contributed by atoms with Gasteiger partial charge in [0.15, 0.2) is 4.90 Å². The van der Waals surface area contributed by atoms with Crippen LogP contribution < -0.4 is 4.72 Å². The van der Waals surface area contributed by atoms with E-state index in [0.717, 1.165) is 0 Å². The standard InChI is InChI=1S/C14H19F2N3O2S/c1-14(2,5-6-19(3)4)18-22(20,21)13-11(15)7-10(9-17)8-12(13)16/h7-8,18H,5-6H2,1-4H3. The highest BCUT2D eigenvalue weighted by molar-refractivity contribution is 7.89. The molecule has 5 nitrogen and oxygen atoms in total. The van der Waals surface area contributed by atoms with Crippen molar-refractivity contribution in [1.29, 1.82) is 5.26 Å². The van der Waals surface area contributed by atoms with Gasteiger partial charge in [0.05, 0.1) is 11.6 Å². The number of hydrogen-bond acceptors (Lipinski definition) is 4. The second-order valence-corrected chi connectivity index (χ2v) is 7.54. The first-order valence-electron chi connectivity index (χ1n) is 6.56. The average molecular weight is 331 g/mol. The third-order valence-corrected chi connectivity index (χ3v) is 4.74. The Morgan fingerprint density at radius 2 is 1.77 bits per heavy atom. The van der Waals surface area contributed by atoms with Crippen molar-refractivity contribution in [2.24, 2.45) is 0 Å². The molecule has 0 aliphatic carbocycles. The molecule has 0 unspecified atom stereocenters. The Balaban J connectivity index is 3.13. The Hall–Kier alpha value is -1.56. The van der Waals surface area contributed by atoms with Gasteiger partial charge in [-0.3, -0.25) is 0 Å². The van der Waals surface area contributed by atoms with Crippen molar-refractivity contribution in [3.8, 4) is 6.07 Å². The first-order chi connectivity index (χ1) is 9.98. The van der Waals surface area contributed by atoms with Crippen LogP contribution in [0.3, 0.4) is 0 Å². The van der Waals surface area contributed by atoms with Gasteiger partial charge in [0.2, 0.25) is 10.0 Å². The Morgan fingerprint density at radius 3 is 2.18 bits per heavy atom. The van der Waals surface area contributed by atoms with E-state index in [-0.39, 0.29) is 5.56 Å². The maximum absolute atomic E-state index is 13.9. The van der Waals surface area contributed by atoms with E-state index in [0.29, 0.717) is 25.1 Å². The summed E-state index contributed by atoms with van der Waals surface area (Å²) in [5.41, 5.74) is -1.16. The molecule has 0 saturated carbocycles. The van der Waals surface area contributed by atoms with E-state index < -0.39 is 32.1 Å². The lowest BCUT2D eigenvalue weighted by Crippen LogP contribution is -2.45. The van der Waals surface area contributed by atoms with Crippen LogP contribution >= 0.6 is 0 Å². The van der Waals surface area contributed by atoms with E-state index >= 15 is 0 Å². The quantitative estimate of drug-likeness (QED) is 0.863. The van der Waals surface area contributed by atoms with Crippen molar-refractivity contribution in [2.75, 3.05) is 20.6 Å². The van der Waals surface area contributed by atoms with E-state index in [1.54, 1.807) is 19.9 Å². The number of rotatable bonds is 6. The van der Waals surface area contributed by atoms with Gasteiger partial charge in [-0.25, -0.2) is 21.9 Å². The van der Waals surface area contributed by atoms with Crippen LogP contribution in [0.5, 0.6) is 0 Å². The fourth-order valence-corrected chi connectivity index (χ4v) is 3.41. The van der Waals surface area contributed by atoms with Gasteiger partial charge in [-0.1, -0.05) is 0 Å². The van der Waals surface area contributed by atoms with Gasteiger partial charge in [-0.2, -0.15) is 5.26 Å². The predicted molar refractivity (Wildman–Crippen MR) is 78.6 cm³/mol. The lowest BCUT2D eigenvalue weighted by molar-refractivity contribution is 0.326. The third kappa shape index (κ3) is 4.73. The minimum absolute atomic E-state index is 0.277. The lowest BCUT2D eigenvalue weighted by Gasteiger charge is -2.27. The highest BCUT2D eigenvalue weighted by Gasteiger charge is 2.31. The Morgan fingerprint density at radius 1 is 1.27 bits per heavy atom. The number of halogens is 2. The third-order valence-electron chi connectivity index (χ3n) is 2.99. The molecule has 0 atom stereocenters. The summed E-state index contributed by atoms with van der Waals surface area (Å²) in [4.78, 5) is 0.809. The fourth-order valence-electron chi connectivity index (χ4n) is 1.85. The van der Waals surface area contributed by atoms with Crippen LogP contribution in [0.15, 0.2) is 17.0 Å². The summed E-state index contributed by atoms with van der Waals surface area (Å²) < 4.78 is 54.5. The molecule has 0 fully saturated rings. The molecule has 1 N–H and O–H groups in total. The van der Waals surface area contributed by atoms with Crippen molar-refractivity contribution >= 4 is 10.0 Å². The molecule has 22 heavy (non-hydrogen) atoms. The molecule has 0 aliphatic heterocycles. The van der Waals surface area contributed by atoms with Gasteiger partial charge in [0, 0.05) is 5.54 Å². The zero-order chi connectivity index (χ0) is 17.1. The summed E-state index contributed by atoms with van der Waals surface area (Å²) in [5.74, 6) is -2.57. The zero-order valence-electron chi connectivity index (χ0n) is 12.9. The Bertz CT molecular complexity index is 672. The average Bonchev–Trinajstić information content (AvgIpc) is 2.33. The van der Waals surface area contributed by atoms with E-state index in [1.807, 2.05) is 19.0 Å². The number of nitrogens with one attached hydrogen (secondary N) is 1. The largest absolute Gasteiger partial charge is 0.309 e. The Kier molecular flexibility index (Phi) is 5.62. The number of hydrogen-bond donors (Lipinski definition) is 1. The van der Waals surface area contributed by atoms with Crippen LogP contribution in [0, 0.1) is 23.0 Å². The molecule has 0 aromatic heterocycles. The van der Waals surface area contributed by atoms with Crippen LogP contribution in [-0.4, -0.2) is 39.5 Å². The highest BCUT2D eigenvalue weighted by Crippen LogP contribution is 2.23. The van der Waals surface area contributed by atoms with Gasteiger partial charge < -0.3 is 4.90 Å². The number of nitriles is 1. The molecule has 0 aliphatic rings. The van der Waals surface area contributed by atoms with Gasteiger partial charge in [0.25, 0.3) is 0 Å². The number of sulfonamides is 1. The molecule has 122 valence electrons. The van der Waals surface area contributed by atoms with Gasteiger partial charge >= 0.3 is 0 Å². The molecule has 0 saturated heterocycles. The summed E-state index contributed by atoms with van der Waals surface area (Å²) in [6.45, 7) is 3.87. The molecule has 0 spiro atoms. The second-order valence-electron chi connectivity index (χ2n) is 5.92. The molecule has 0 bridgehead atoms. The van der Waals surface area contributed by atoms with Crippen LogP contribution in [-0.2, 0) is 10.0 Å². The molecule has 0 radical (unpaired) electrons. The summed E-state index contributed by atoms with van der Waals surface area (Å²) in [6.07, 6.45) is 0.457. The maximum atomic E-state index is 13.9. The van der Waals surface area contributed by atoms with E-state index in [2.05, 4.69) is 4.72 Å². The van der Waals surface area contributed by atoms with Crippen LogP contribution in [0.1, 0.15) is 25.8 Å². The van der Waals surface area contributed by atoms with Gasteiger partial charge in [0.1, 0.15) is 11.6 Å². The van der Waals surface area contributed by atoms with Crippen LogP contribution in [0.2, 0.25) is 0 Å². The number of nitrogens with zero attached hydrogens (tertiary/aromatic N) is 2. The monoisotopic (exact) mass is 331 g/mol. The second kappa shape index (κ2) is 6.69. The van der Waals surface area contributed by atoms with Crippen molar-refractivity contribution in [3.63, 3.8) is 0 Å². The van der Waals surface area contributed by atoms with Gasteiger partial charge in [-0.15, -0.1) is 0 Å². The number of benzene rings is 1. The van der Waals surface area contributed by atoms with E-state index in [9.17, 15) is 17.2 Å². The normalized spacial score (nSPS) is 12.5. The summed E-state index contributed by atoms with van der Waals surface area (Å²) >= 11 is 0. The SMILES string of the molecule is CN(C)CCC(C)(C)NS(=O)(=O)c1c(F)cc(C#N)cc1F. The smallest absolute Gasteiger partial charge is 0.246 e. The van der Waals surface area contributed by atoms with Crippen LogP contribution in [0.4, 0.5) is 8.78 Å². The molecule has 1 aromatic rings. The first kappa shape index (κ1) is 18.5. The lowest BCUT2D eigenvalue weighted by atomic mass is 10.0. The molecular formula is C14H19F2N3O2S. The molecule has 1 rings (SSSR count). The predicted octanol–water partition coefficient (Wildman–Crippen LogP) is 1.85. The van der Waals surface area contributed by atoms with Crippen molar-refractivity contribution in [2.45, 2.75) is 30.7 Å². The molecule has 0 amide bonds. The summed E-state index contributed by atoms with van der Waals surface area (Å²) in [5, 5.41) is 8.64. The molecule has 0 heterocycles. The van der Waals surface area contributed by atoms with Crippen molar-refractivity contribution in [1.82, 2.24) is 9.62 Å². The molecule has 8 heteroatoms. The van der Waals surface area contributed by atoms with Gasteiger partial charge in [-0.05, 0) is 53.0 Å². The van der Waals surface area contributed by atoms with Crippen molar-refractivity contribution < 1.29 is 17.2 Å². The maximum Gasteiger partial charge on any atom is 0.246 e. The fraction of sp³-hybridized carbons (Fsp3) is 0.500. The summed E-state index contributed by atoms with van der Waals surface area (Å²) in [7, 11) is -0.704. The summed E-state index contributed by atoms with van der Waals surface area (Å²) in [6, 6.07) is 2.97. The van der Waals surface area contributed by atoms with E-state index in [1.165, 1.54) is 0 Å². The zero-order valence-corrected chi connectivity index (χ0v) is 13.8. The highest BCUT2D eigenvalue weighted by atomic mass is 32.2. The molecular weight excluding hydrogens is 312 g/mol.